The van der Waals surface area contributed by atoms with Crippen LogP contribution in [0.4, 0.5) is 0 Å². The van der Waals surface area contributed by atoms with Crippen LogP contribution in [0, 0.1) is 0 Å². The Morgan fingerprint density at radius 2 is 1.44 bits per heavy atom. The van der Waals surface area contributed by atoms with E-state index in [0.717, 1.165) is 11.4 Å². The van der Waals surface area contributed by atoms with Crippen LogP contribution in [0.25, 0.3) is 0 Å². The highest BCUT2D eigenvalue weighted by Crippen LogP contribution is 2.44. The molecule has 0 aliphatic carbocycles. The molecule has 1 aromatic carbocycles. The monoisotopic (exact) mass is 391 g/mol. The van der Waals surface area contributed by atoms with E-state index < -0.39 is 17.9 Å². The molecular formula is C21H26ClNO4. The van der Waals surface area contributed by atoms with Gasteiger partial charge in [0.2, 0.25) is 0 Å². The molecule has 1 aliphatic rings. The maximum atomic E-state index is 12.9. The number of benzene rings is 1. The van der Waals surface area contributed by atoms with Crippen molar-refractivity contribution in [3.05, 3.63) is 57.4 Å². The second kappa shape index (κ2) is 9.09. The molecule has 0 N–H and O–H groups in total. The third-order valence-corrected chi connectivity index (χ3v) is 5.03. The number of rotatable bonds is 6. The van der Waals surface area contributed by atoms with Crippen LogP contribution in [0.15, 0.2) is 46.8 Å². The third-order valence-electron chi connectivity index (χ3n) is 4.69. The molecule has 146 valence electrons. The summed E-state index contributed by atoms with van der Waals surface area (Å²) < 4.78 is 10.6. The number of carbonyl (C=O) groups excluding carboxylic acids is 2. The minimum atomic E-state index is -0.639. The maximum absolute atomic E-state index is 12.9. The van der Waals surface area contributed by atoms with Crippen molar-refractivity contribution in [1.82, 2.24) is 4.90 Å². The second-order valence-electron chi connectivity index (χ2n) is 6.14. The Morgan fingerprint density at radius 1 is 0.963 bits per heavy atom. The largest absolute Gasteiger partial charge is 0.463 e. The molecule has 1 heterocycles. The molecular weight excluding hydrogens is 366 g/mol. The summed E-state index contributed by atoms with van der Waals surface area (Å²) in [5.41, 5.74) is 3.03. The number of hydrogen-bond acceptors (Lipinski definition) is 5. The Labute approximate surface area is 165 Å². The van der Waals surface area contributed by atoms with Gasteiger partial charge in [-0.15, -0.1) is 0 Å². The number of ether oxygens (including phenoxy) is 2. The molecule has 1 aliphatic heterocycles. The van der Waals surface area contributed by atoms with E-state index in [-0.39, 0.29) is 13.2 Å². The molecule has 0 bridgehead atoms. The molecule has 2 rings (SSSR count). The summed E-state index contributed by atoms with van der Waals surface area (Å²) in [6.07, 6.45) is 0. The van der Waals surface area contributed by atoms with Crippen LogP contribution < -0.4 is 0 Å². The van der Waals surface area contributed by atoms with Crippen molar-refractivity contribution in [3.63, 3.8) is 0 Å². The minimum absolute atomic E-state index is 0.244. The average molecular weight is 392 g/mol. The number of carbonyl (C=O) groups is 2. The van der Waals surface area contributed by atoms with Crippen LogP contribution in [-0.4, -0.2) is 36.6 Å². The van der Waals surface area contributed by atoms with Crippen LogP contribution in [0.1, 0.15) is 46.1 Å². The summed E-state index contributed by atoms with van der Waals surface area (Å²) in [6.45, 7) is 10.3. The predicted molar refractivity (Wildman–Crippen MR) is 105 cm³/mol. The fraction of sp³-hybridized carbons (Fsp3) is 0.429. The number of allylic oxidation sites excluding steroid dienone is 2. The highest BCUT2D eigenvalue weighted by Gasteiger charge is 2.40. The average Bonchev–Trinajstić information content (AvgIpc) is 2.62. The SMILES string of the molecule is CCOC(=O)C1=C(C)N(CC)C(C)=C(C(=O)OCC)C1c1ccccc1Cl. The minimum Gasteiger partial charge on any atom is -0.463 e. The van der Waals surface area contributed by atoms with Crippen molar-refractivity contribution in [3.8, 4) is 0 Å². The molecule has 0 fully saturated rings. The molecule has 0 spiro atoms. The molecule has 0 amide bonds. The quantitative estimate of drug-likeness (QED) is 0.671. The van der Waals surface area contributed by atoms with Gasteiger partial charge >= 0.3 is 11.9 Å². The first-order valence-corrected chi connectivity index (χ1v) is 9.54. The lowest BCUT2D eigenvalue weighted by molar-refractivity contribution is -0.139. The van der Waals surface area contributed by atoms with E-state index in [0.29, 0.717) is 28.3 Å². The molecule has 0 saturated heterocycles. The third kappa shape index (κ3) is 4.03. The van der Waals surface area contributed by atoms with Crippen molar-refractivity contribution < 1.29 is 19.1 Å². The number of halogens is 1. The van der Waals surface area contributed by atoms with Gasteiger partial charge in [-0.3, -0.25) is 0 Å². The first-order valence-electron chi connectivity index (χ1n) is 9.16. The Balaban J connectivity index is 2.78. The van der Waals surface area contributed by atoms with Crippen LogP contribution in [-0.2, 0) is 19.1 Å². The predicted octanol–water partition coefficient (Wildman–Crippen LogP) is 4.43. The second-order valence-corrected chi connectivity index (χ2v) is 6.55. The smallest absolute Gasteiger partial charge is 0.336 e. The molecule has 27 heavy (non-hydrogen) atoms. The highest BCUT2D eigenvalue weighted by molar-refractivity contribution is 6.31. The zero-order chi connectivity index (χ0) is 20.1. The number of hydrogen-bond donors (Lipinski definition) is 0. The fourth-order valence-corrected chi connectivity index (χ4v) is 3.79. The van der Waals surface area contributed by atoms with Crippen LogP contribution in [0.2, 0.25) is 5.02 Å². The zero-order valence-corrected chi connectivity index (χ0v) is 17.2. The van der Waals surface area contributed by atoms with Crippen LogP contribution in [0.3, 0.4) is 0 Å². The van der Waals surface area contributed by atoms with Gasteiger partial charge in [0.25, 0.3) is 0 Å². The molecule has 0 saturated carbocycles. The van der Waals surface area contributed by atoms with Gasteiger partial charge < -0.3 is 14.4 Å². The van der Waals surface area contributed by atoms with Gasteiger partial charge in [0.05, 0.1) is 30.3 Å². The molecule has 6 heteroatoms. The van der Waals surface area contributed by atoms with E-state index >= 15 is 0 Å². The standard InChI is InChI=1S/C21H26ClNO4/c1-6-23-13(4)17(20(24)26-7-2)19(15-11-9-10-12-16(15)22)18(14(23)5)21(25)27-8-3/h9-12,19H,6-8H2,1-5H3. The van der Waals surface area contributed by atoms with Gasteiger partial charge in [0.1, 0.15) is 0 Å². The Morgan fingerprint density at radius 3 is 1.85 bits per heavy atom. The summed E-state index contributed by atoms with van der Waals surface area (Å²) in [4.78, 5) is 27.7. The molecule has 0 unspecified atom stereocenters. The fourth-order valence-electron chi connectivity index (χ4n) is 3.55. The summed E-state index contributed by atoms with van der Waals surface area (Å²) in [5.74, 6) is -1.54. The van der Waals surface area contributed by atoms with E-state index in [1.54, 1.807) is 19.9 Å². The van der Waals surface area contributed by atoms with Crippen LogP contribution >= 0.6 is 11.6 Å². The van der Waals surface area contributed by atoms with Crippen molar-refractivity contribution in [2.24, 2.45) is 0 Å². The summed E-state index contributed by atoms with van der Waals surface area (Å²) >= 11 is 6.45. The van der Waals surface area contributed by atoms with Gasteiger partial charge in [-0.05, 0) is 46.2 Å². The van der Waals surface area contributed by atoms with Crippen molar-refractivity contribution >= 4 is 23.5 Å². The van der Waals surface area contributed by atoms with Gasteiger partial charge in [0.15, 0.2) is 0 Å². The van der Waals surface area contributed by atoms with Crippen LogP contribution in [0.5, 0.6) is 0 Å². The Kier molecular flexibility index (Phi) is 7.08. The van der Waals surface area contributed by atoms with E-state index in [1.165, 1.54) is 0 Å². The highest BCUT2D eigenvalue weighted by atomic mass is 35.5. The zero-order valence-electron chi connectivity index (χ0n) is 16.5. The number of nitrogens with zero attached hydrogens (tertiary/aromatic N) is 1. The van der Waals surface area contributed by atoms with Gasteiger partial charge in [-0.25, -0.2) is 9.59 Å². The normalized spacial score (nSPS) is 15.3. The molecule has 0 radical (unpaired) electrons. The molecule has 0 aromatic heterocycles. The van der Waals surface area contributed by atoms with Crippen molar-refractivity contribution in [1.29, 1.82) is 0 Å². The van der Waals surface area contributed by atoms with E-state index in [4.69, 9.17) is 21.1 Å². The van der Waals surface area contributed by atoms with E-state index in [2.05, 4.69) is 0 Å². The lowest BCUT2D eigenvalue weighted by Gasteiger charge is -2.37. The summed E-state index contributed by atoms with van der Waals surface area (Å²) in [6, 6.07) is 7.23. The van der Waals surface area contributed by atoms with E-state index in [9.17, 15) is 9.59 Å². The van der Waals surface area contributed by atoms with E-state index in [1.807, 2.05) is 43.9 Å². The lowest BCUT2D eigenvalue weighted by atomic mass is 9.79. The molecule has 0 atom stereocenters. The van der Waals surface area contributed by atoms with Gasteiger partial charge in [-0.2, -0.15) is 0 Å². The van der Waals surface area contributed by atoms with Crippen molar-refractivity contribution in [2.45, 2.75) is 40.5 Å². The first kappa shape index (κ1) is 21.0. The number of esters is 2. The van der Waals surface area contributed by atoms with Gasteiger partial charge in [0, 0.05) is 23.0 Å². The Bertz CT molecular complexity index is 755. The topological polar surface area (TPSA) is 55.8 Å². The first-order chi connectivity index (χ1) is 12.9. The lowest BCUT2D eigenvalue weighted by Crippen LogP contribution is -2.35. The summed E-state index contributed by atoms with van der Waals surface area (Å²) in [7, 11) is 0. The molecule has 1 aromatic rings. The van der Waals surface area contributed by atoms with Gasteiger partial charge in [-0.1, -0.05) is 29.8 Å². The van der Waals surface area contributed by atoms with Crippen molar-refractivity contribution in [2.75, 3.05) is 19.8 Å². The molecule has 5 nitrogen and oxygen atoms in total. The summed E-state index contributed by atoms with van der Waals surface area (Å²) in [5, 5.41) is 0.483. The Hall–Kier alpha value is -2.27. The maximum Gasteiger partial charge on any atom is 0.336 e.